The van der Waals surface area contributed by atoms with Crippen LogP contribution in [0.15, 0.2) is 47.8 Å². The maximum atomic E-state index is 12.9. The normalized spacial score (nSPS) is 19.2. The van der Waals surface area contributed by atoms with Crippen LogP contribution in [0.1, 0.15) is 43.2 Å². The molecule has 2 unspecified atom stereocenters. The monoisotopic (exact) mass is 386 g/mol. The summed E-state index contributed by atoms with van der Waals surface area (Å²) in [5, 5.41) is 14.2. The van der Waals surface area contributed by atoms with Crippen molar-refractivity contribution in [3.05, 3.63) is 58.3 Å². The van der Waals surface area contributed by atoms with E-state index in [1.807, 2.05) is 46.7 Å². The summed E-state index contributed by atoms with van der Waals surface area (Å²) in [6.07, 6.45) is 1.08. The highest BCUT2D eigenvalue weighted by Gasteiger charge is 2.49. The van der Waals surface area contributed by atoms with Crippen molar-refractivity contribution in [2.24, 2.45) is 5.41 Å². The van der Waals surface area contributed by atoms with E-state index in [1.165, 1.54) is 4.88 Å². The van der Waals surface area contributed by atoms with Crippen LogP contribution in [-0.2, 0) is 11.2 Å². The van der Waals surface area contributed by atoms with Gasteiger partial charge in [-0.2, -0.15) is 0 Å². The minimum Gasteiger partial charge on any atom is -0.481 e. The first-order valence-electron chi connectivity index (χ1n) is 9.23. The number of thiophene rings is 1. The molecule has 1 saturated heterocycles. The van der Waals surface area contributed by atoms with Crippen LogP contribution in [0, 0.1) is 5.41 Å². The van der Waals surface area contributed by atoms with E-state index in [0.717, 1.165) is 5.56 Å². The second-order valence-electron chi connectivity index (χ2n) is 7.80. The van der Waals surface area contributed by atoms with Crippen molar-refractivity contribution in [1.29, 1.82) is 0 Å². The summed E-state index contributed by atoms with van der Waals surface area (Å²) in [6, 6.07) is 13.7. The minimum absolute atomic E-state index is 0.0393. The molecule has 1 aliphatic heterocycles. The number of amides is 2. The zero-order valence-corrected chi connectivity index (χ0v) is 16.5. The Hall–Kier alpha value is -2.34. The topological polar surface area (TPSA) is 69.6 Å². The first-order chi connectivity index (χ1) is 12.9. The summed E-state index contributed by atoms with van der Waals surface area (Å²) in [5.41, 5.74) is 1.13. The number of likely N-dealkylation sites (tertiary alicyclic amines) is 1. The maximum Gasteiger partial charge on any atom is 0.318 e. The first kappa shape index (κ1) is 19.4. The predicted octanol–water partition coefficient (Wildman–Crippen LogP) is 4.32. The smallest absolute Gasteiger partial charge is 0.318 e. The lowest BCUT2D eigenvalue weighted by molar-refractivity contribution is -0.137. The Morgan fingerprint density at radius 3 is 2.59 bits per heavy atom. The molecule has 1 aromatic carbocycles. The molecule has 2 atom stereocenters. The summed E-state index contributed by atoms with van der Waals surface area (Å²) in [6.45, 7) is 5.04. The number of urea groups is 1. The minimum atomic E-state index is -0.844. The molecular weight excluding hydrogens is 360 g/mol. The predicted molar refractivity (Wildman–Crippen MR) is 107 cm³/mol. The molecule has 2 N–H and O–H groups in total. The number of carbonyl (C=O) groups excluding carboxylic acids is 1. The van der Waals surface area contributed by atoms with Crippen LogP contribution in [0.25, 0.3) is 0 Å². The number of nitrogens with zero attached hydrogens (tertiary/aromatic N) is 1. The van der Waals surface area contributed by atoms with E-state index in [0.29, 0.717) is 19.4 Å². The van der Waals surface area contributed by atoms with E-state index in [2.05, 4.69) is 25.2 Å². The molecule has 2 aromatic rings. The molecule has 0 bridgehead atoms. The Kier molecular flexibility index (Phi) is 5.85. The maximum absolute atomic E-state index is 12.9. The fourth-order valence-electron chi connectivity index (χ4n) is 3.78. The number of nitrogens with one attached hydrogen (secondary N) is 1. The van der Waals surface area contributed by atoms with Gasteiger partial charge in [0.05, 0.1) is 6.04 Å². The highest BCUT2D eigenvalue weighted by atomic mass is 32.1. The van der Waals surface area contributed by atoms with E-state index in [-0.39, 0.29) is 30.0 Å². The summed E-state index contributed by atoms with van der Waals surface area (Å²) in [7, 11) is 0. The second kappa shape index (κ2) is 8.13. The Bertz CT molecular complexity index is 774. The third-order valence-electron chi connectivity index (χ3n) is 5.06. The standard InChI is InChI=1S/C21H26N2O3S/c1-21(2)14-23(19(21)17-9-6-12-27-17)20(26)22-16(10-11-18(24)25)13-15-7-4-3-5-8-15/h3-9,12,16,19H,10-11,13-14H2,1-2H3,(H,22,26)(H,24,25). The van der Waals surface area contributed by atoms with Gasteiger partial charge in [0.2, 0.25) is 0 Å². The lowest BCUT2D eigenvalue weighted by atomic mass is 9.74. The van der Waals surface area contributed by atoms with Crippen LogP contribution in [0.2, 0.25) is 0 Å². The van der Waals surface area contributed by atoms with Crippen molar-refractivity contribution in [3.63, 3.8) is 0 Å². The third-order valence-corrected chi connectivity index (χ3v) is 5.99. The number of carboxylic acid groups (broad SMARTS) is 1. The van der Waals surface area contributed by atoms with Crippen molar-refractivity contribution >= 4 is 23.3 Å². The molecule has 2 amide bonds. The van der Waals surface area contributed by atoms with Crippen LogP contribution in [0.5, 0.6) is 0 Å². The number of rotatable bonds is 7. The van der Waals surface area contributed by atoms with Crippen molar-refractivity contribution in [2.45, 2.75) is 45.2 Å². The Morgan fingerprint density at radius 1 is 1.26 bits per heavy atom. The van der Waals surface area contributed by atoms with E-state index >= 15 is 0 Å². The van der Waals surface area contributed by atoms with Gasteiger partial charge in [0.1, 0.15) is 0 Å². The Labute approximate surface area is 164 Å². The molecule has 2 heterocycles. The van der Waals surface area contributed by atoms with E-state index < -0.39 is 5.97 Å². The second-order valence-corrected chi connectivity index (χ2v) is 8.78. The van der Waals surface area contributed by atoms with E-state index in [1.54, 1.807) is 11.3 Å². The molecule has 1 fully saturated rings. The molecule has 0 radical (unpaired) electrons. The van der Waals surface area contributed by atoms with Gasteiger partial charge in [0, 0.05) is 29.3 Å². The van der Waals surface area contributed by atoms with Gasteiger partial charge in [-0.1, -0.05) is 50.2 Å². The summed E-state index contributed by atoms with van der Waals surface area (Å²) in [5.74, 6) is -0.844. The highest BCUT2D eigenvalue weighted by Crippen LogP contribution is 2.49. The summed E-state index contributed by atoms with van der Waals surface area (Å²) >= 11 is 1.67. The molecule has 1 aliphatic rings. The number of aliphatic carboxylic acids is 1. The number of hydrogen-bond donors (Lipinski definition) is 2. The Morgan fingerprint density at radius 2 is 2.00 bits per heavy atom. The van der Waals surface area contributed by atoms with Crippen molar-refractivity contribution < 1.29 is 14.7 Å². The average Bonchev–Trinajstić information content (AvgIpc) is 3.12. The van der Waals surface area contributed by atoms with Gasteiger partial charge in [-0.15, -0.1) is 11.3 Å². The van der Waals surface area contributed by atoms with Gasteiger partial charge in [0.25, 0.3) is 0 Å². The fraction of sp³-hybridized carbons (Fsp3) is 0.429. The van der Waals surface area contributed by atoms with Crippen molar-refractivity contribution in [2.75, 3.05) is 6.54 Å². The number of carboxylic acids is 1. The number of benzene rings is 1. The van der Waals surface area contributed by atoms with Crippen LogP contribution in [0.3, 0.4) is 0 Å². The zero-order valence-electron chi connectivity index (χ0n) is 15.7. The van der Waals surface area contributed by atoms with Gasteiger partial charge in [-0.3, -0.25) is 4.79 Å². The molecule has 0 aliphatic carbocycles. The van der Waals surface area contributed by atoms with Gasteiger partial charge >= 0.3 is 12.0 Å². The molecule has 6 heteroatoms. The molecule has 1 aromatic heterocycles. The van der Waals surface area contributed by atoms with Crippen LogP contribution in [-0.4, -0.2) is 34.6 Å². The molecule has 0 saturated carbocycles. The lowest BCUT2D eigenvalue weighted by Crippen LogP contribution is -2.61. The zero-order chi connectivity index (χ0) is 19.4. The largest absolute Gasteiger partial charge is 0.481 e. The van der Waals surface area contributed by atoms with Gasteiger partial charge in [-0.05, 0) is 29.9 Å². The van der Waals surface area contributed by atoms with E-state index in [9.17, 15) is 9.59 Å². The molecule has 3 rings (SSSR count). The van der Waals surface area contributed by atoms with Gasteiger partial charge < -0.3 is 15.3 Å². The Balaban J connectivity index is 1.69. The summed E-state index contributed by atoms with van der Waals surface area (Å²) < 4.78 is 0. The lowest BCUT2D eigenvalue weighted by Gasteiger charge is -2.54. The summed E-state index contributed by atoms with van der Waals surface area (Å²) in [4.78, 5) is 27.0. The highest BCUT2D eigenvalue weighted by molar-refractivity contribution is 7.10. The fourth-order valence-corrected chi connectivity index (χ4v) is 4.83. The van der Waals surface area contributed by atoms with Crippen molar-refractivity contribution in [3.8, 4) is 0 Å². The van der Waals surface area contributed by atoms with Crippen LogP contribution in [0.4, 0.5) is 4.79 Å². The SMILES string of the molecule is CC1(C)CN(C(=O)NC(CCC(=O)O)Cc2ccccc2)C1c1cccs1. The molecular formula is C21H26N2O3S. The molecule has 144 valence electrons. The van der Waals surface area contributed by atoms with Crippen LogP contribution >= 0.6 is 11.3 Å². The first-order valence-corrected chi connectivity index (χ1v) is 10.1. The average molecular weight is 387 g/mol. The van der Waals surface area contributed by atoms with Gasteiger partial charge in [0.15, 0.2) is 0 Å². The number of carbonyl (C=O) groups is 2. The molecule has 27 heavy (non-hydrogen) atoms. The number of hydrogen-bond acceptors (Lipinski definition) is 3. The van der Waals surface area contributed by atoms with Gasteiger partial charge in [-0.25, -0.2) is 4.79 Å². The molecule has 5 nitrogen and oxygen atoms in total. The quantitative estimate of drug-likeness (QED) is 0.745. The third kappa shape index (κ3) is 4.69. The van der Waals surface area contributed by atoms with E-state index in [4.69, 9.17) is 5.11 Å². The van der Waals surface area contributed by atoms with Crippen LogP contribution < -0.4 is 5.32 Å². The van der Waals surface area contributed by atoms with Crippen molar-refractivity contribution in [1.82, 2.24) is 10.2 Å². The molecule has 0 spiro atoms.